The second kappa shape index (κ2) is 3.97. The number of hydrogen-bond donors (Lipinski definition) is 1. The van der Waals surface area contributed by atoms with Gasteiger partial charge in [-0.25, -0.2) is 5.90 Å². The summed E-state index contributed by atoms with van der Waals surface area (Å²) in [6, 6.07) is 6.35. The first kappa shape index (κ1) is 9.63. The van der Waals surface area contributed by atoms with E-state index in [0.29, 0.717) is 5.56 Å². The Labute approximate surface area is 75.2 Å². The number of hydrogen-bond acceptors (Lipinski definition) is 4. The van der Waals surface area contributed by atoms with E-state index in [0.717, 1.165) is 0 Å². The van der Waals surface area contributed by atoms with Crippen LogP contribution in [0.15, 0.2) is 24.3 Å². The Hall–Kier alpha value is -1.46. The van der Waals surface area contributed by atoms with Crippen LogP contribution in [0.5, 0.6) is 0 Å². The first-order valence-electron chi connectivity index (χ1n) is 3.75. The molecular weight excluding hydrogens is 172 g/mol. The summed E-state index contributed by atoms with van der Waals surface area (Å²) < 4.78 is 0. The second-order valence-electron chi connectivity index (χ2n) is 2.59. The van der Waals surface area contributed by atoms with Gasteiger partial charge in [-0.05, 0) is 13.0 Å². The number of rotatable bonds is 3. The Kier molecular flexibility index (Phi) is 2.94. The molecule has 1 aromatic rings. The van der Waals surface area contributed by atoms with Crippen LogP contribution in [0.1, 0.15) is 18.6 Å². The molecule has 0 aliphatic heterocycles. The molecule has 5 nitrogen and oxygen atoms in total. The summed E-state index contributed by atoms with van der Waals surface area (Å²) in [7, 11) is 0. The second-order valence-corrected chi connectivity index (χ2v) is 2.59. The van der Waals surface area contributed by atoms with Crippen LogP contribution in [0, 0.1) is 10.1 Å². The van der Waals surface area contributed by atoms with E-state index in [4.69, 9.17) is 5.90 Å². The summed E-state index contributed by atoms with van der Waals surface area (Å²) in [5.41, 5.74) is 0.510. The highest BCUT2D eigenvalue weighted by Gasteiger charge is 2.17. The lowest BCUT2D eigenvalue weighted by atomic mass is 10.1. The number of nitro benzene ring substituents is 1. The van der Waals surface area contributed by atoms with E-state index in [1.54, 1.807) is 25.1 Å². The van der Waals surface area contributed by atoms with Crippen LogP contribution in [-0.2, 0) is 4.84 Å². The highest BCUT2D eigenvalue weighted by atomic mass is 16.6. The number of nitro groups is 1. The Bertz CT molecular complexity index is 314. The van der Waals surface area contributed by atoms with Crippen molar-refractivity contribution in [3.05, 3.63) is 39.9 Å². The molecule has 1 rings (SSSR count). The fourth-order valence-electron chi connectivity index (χ4n) is 1.07. The van der Waals surface area contributed by atoms with Gasteiger partial charge in [0.25, 0.3) is 5.69 Å². The molecule has 0 amide bonds. The van der Waals surface area contributed by atoms with Crippen LogP contribution in [0.25, 0.3) is 0 Å². The molecule has 1 unspecified atom stereocenters. The predicted octanol–water partition coefficient (Wildman–Crippen LogP) is 1.55. The quantitative estimate of drug-likeness (QED) is 0.568. The largest absolute Gasteiger partial charge is 0.297 e. The Morgan fingerprint density at radius 2 is 2.15 bits per heavy atom. The monoisotopic (exact) mass is 182 g/mol. The molecule has 70 valence electrons. The number of nitrogens with zero attached hydrogens (tertiary/aromatic N) is 1. The van der Waals surface area contributed by atoms with E-state index in [2.05, 4.69) is 4.84 Å². The van der Waals surface area contributed by atoms with Crippen LogP contribution in [-0.4, -0.2) is 4.92 Å². The fourth-order valence-corrected chi connectivity index (χ4v) is 1.07. The smallest absolute Gasteiger partial charge is 0.275 e. The third-order valence-electron chi connectivity index (χ3n) is 1.78. The van der Waals surface area contributed by atoms with Gasteiger partial charge >= 0.3 is 0 Å². The topological polar surface area (TPSA) is 78.4 Å². The van der Waals surface area contributed by atoms with Crippen LogP contribution in [0.3, 0.4) is 0 Å². The van der Waals surface area contributed by atoms with Crippen molar-refractivity contribution in [2.75, 3.05) is 0 Å². The van der Waals surface area contributed by atoms with Crippen LogP contribution >= 0.6 is 0 Å². The summed E-state index contributed by atoms with van der Waals surface area (Å²) >= 11 is 0. The highest BCUT2D eigenvalue weighted by molar-refractivity contribution is 5.41. The van der Waals surface area contributed by atoms with E-state index < -0.39 is 11.0 Å². The van der Waals surface area contributed by atoms with Gasteiger partial charge in [0.1, 0.15) is 6.10 Å². The molecule has 0 aromatic heterocycles. The molecular formula is C8H10N2O3. The lowest BCUT2D eigenvalue weighted by Gasteiger charge is -2.08. The maximum atomic E-state index is 10.6. The van der Waals surface area contributed by atoms with Gasteiger partial charge < -0.3 is 0 Å². The molecule has 0 saturated heterocycles. The molecule has 0 spiro atoms. The first-order valence-corrected chi connectivity index (χ1v) is 3.75. The molecule has 5 heteroatoms. The van der Waals surface area contributed by atoms with Crippen molar-refractivity contribution in [1.82, 2.24) is 0 Å². The maximum absolute atomic E-state index is 10.6. The summed E-state index contributed by atoms with van der Waals surface area (Å²) in [6.07, 6.45) is -0.471. The van der Waals surface area contributed by atoms with Crippen LogP contribution in [0.2, 0.25) is 0 Å². The minimum atomic E-state index is -0.471. The van der Waals surface area contributed by atoms with Gasteiger partial charge in [-0.15, -0.1) is 0 Å². The van der Waals surface area contributed by atoms with Gasteiger partial charge in [0, 0.05) is 6.07 Å². The number of nitrogens with two attached hydrogens (primary N) is 1. The first-order chi connectivity index (χ1) is 6.16. The van der Waals surface area contributed by atoms with Crippen LogP contribution in [0.4, 0.5) is 5.69 Å². The van der Waals surface area contributed by atoms with Crippen molar-refractivity contribution < 1.29 is 9.76 Å². The van der Waals surface area contributed by atoms with E-state index in [-0.39, 0.29) is 5.69 Å². The van der Waals surface area contributed by atoms with Crippen LogP contribution < -0.4 is 5.90 Å². The Morgan fingerprint density at radius 3 is 2.69 bits per heavy atom. The molecule has 0 aliphatic rings. The predicted molar refractivity (Wildman–Crippen MR) is 46.8 cm³/mol. The van der Waals surface area contributed by atoms with Crippen molar-refractivity contribution in [3.8, 4) is 0 Å². The van der Waals surface area contributed by atoms with Gasteiger partial charge in [0.15, 0.2) is 0 Å². The van der Waals surface area contributed by atoms with Gasteiger partial charge in [0.2, 0.25) is 0 Å². The zero-order valence-corrected chi connectivity index (χ0v) is 7.14. The minimum Gasteiger partial charge on any atom is -0.297 e. The molecule has 1 atom stereocenters. The Balaban J connectivity index is 3.11. The number of benzene rings is 1. The molecule has 0 radical (unpaired) electrons. The number of para-hydroxylation sites is 1. The maximum Gasteiger partial charge on any atom is 0.275 e. The molecule has 0 aliphatic carbocycles. The summed E-state index contributed by atoms with van der Waals surface area (Å²) in [6.45, 7) is 1.66. The third kappa shape index (κ3) is 2.01. The van der Waals surface area contributed by atoms with Crippen molar-refractivity contribution in [3.63, 3.8) is 0 Å². The zero-order valence-electron chi connectivity index (χ0n) is 7.14. The average Bonchev–Trinajstić information content (AvgIpc) is 2.16. The normalized spacial score (nSPS) is 12.5. The Morgan fingerprint density at radius 1 is 1.54 bits per heavy atom. The fraction of sp³-hybridized carbons (Fsp3) is 0.250. The molecule has 2 N–H and O–H groups in total. The molecule has 0 fully saturated rings. The minimum absolute atomic E-state index is 0.0282. The molecule has 0 heterocycles. The highest BCUT2D eigenvalue weighted by Crippen LogP contribution is 2.25. The van der Waals surface area contributed by atoms with Gasteiger partial charge in [-0.1, -0.05) is 12.1 Å². The summed E-state index contributed by atoms with van der Waals surface area (Å²) in [5, 5.41) is 10.6. The standard InChI is InChI=1S/C8H10N2O3/c1-6(13-9)7-4-2-3-5-8(7)10(11)12/h2-6H,9H2,1H3. The van der Waals surface area contributed by atoms with Gasteiger partial charge in [-0.2, -0.15) is 0 Å². The van der Waals surface area contributed by atoms with E-state index in [9.17, 15) is 10.1 Å². The van der Waals surface area contributed by atoms with Gasteiger partial charge in [0.05, 0.1) is 10.5 Å². The molecule has 0 bridgehead atoms. The van der Waals surface area contributed by atoms with Gasteiger partial charge in [-0.3, -0.25) is 15.0 Å². The third-order valence-corrected chi connectivity index (χ3v) is 1.78. The van der Waals surface area contributed by atoms with E-state index >= 15 is 0 Å². The lowest BCUT2D eigenvalue weighted by Crippen LogP contribution is -2.07. The van der Waals surface area contributed by atoms with Crippen molar-refractivity contribution in [2.24, 2.45) is 5.90 Å². The van der Waals surface area contributed by atoms with E-state index in [1.807, 2.05) is 0 Å². The molecule has 0 saturated carbocycles. The average molecular weight is 182 g/mol. The lowest BCUT2D eigenvalue weighted by molar-refractivity contribution is -0.386. The van der Waals surface area contributed by atoms with Crippen molar-refractivity contribution in [2.45, 2.75) is 13.0 Å². The molecule has 13 heavy (non-hydrogen) atoms. The summed E-state index contributed by atoms with van der Waals surface area (Å²) in [5.74, 6) is 4.95. The molecule has 1 aromatic carbocycles. The summed E-state index contributed by atoms with van der Waals surface area (Å²) in [4.78, 5) is 14.6. The van der Waals surface area contributed by atoms with E-state index in [1.165, 1.54) is 6.07 Å². The SMILES string of the molecule is CC(ON)c1ccccc1[N+](=O)[O-]. The van der Waals surface area contributed by atoms with Crippen molar-refractivity contribution >= 4 is 5.69 Å². The van der Waals surface area contributed by atoms with Crippen molar-refractivity contribution in [1.29, 1.82) is 0 Å². The zero-order chi connectivity index (χ0) is 9.84.